The van der Waals surface area contributed by atoms with Crippen LogP contribution in [0.4, 0.5) is 0 Å². The van der Waals surface area contributed by atoms with Crippen LogP contribution >= 0.6 is 0 Å². The van der Waals surface area contributed by atoms with Crippen molar-refractivity contribution in [2.24, 2.45) is 11.3 Å². The molecule has 4 nitrogen and oxygen atoms in total. The number of hydrogen-bond donors (Lipinski definition) is 2. The van der Waals surface area contributed by atoms with Crippen molar-refractivity contribution in [1.82, 2.24) is 10.6 Å². The number of unbranched alkanes of at least 4 members (excludes halogenated alkanes) is 1. The maximum absolute atomic E-state index is 12.2. The molecule has 0 saturated carbocycles. The Bertz CT molecular complexity index is 248. The summed E-state index contributed by atoms with van der Waals surface area (Å²) in [6, 6.07) is 0. The lowest BCUT2D eigenvalue weighted by molar-refractivity contribution is -0.132. The van der Waals surface area contributed by atoms with E-state index in [0.29, 0.717) is 5.92 Å². The molecule has 1 amide bonds. The number of carbonyl (C=O) groups is 1. The number of piperidine rings is 1. The van der Waals surface area contributed by atoms with E-state index in [9.17, 15) is 4.79 Å². The van der Waals surface area contributed by atoms with Gasteiger partial charge in [-0.05, 0) is 44.7 Å². The fraction of sp³-hybridized carbons (Fsp3) is 0.929. The molecule has 1 fully saturated rings. The summed E-state index contributed by atoms with van der Waals surface area (Å²) in [6.45, 7) is 7.71. The zero-order valence-corrected chi connectivity index (χ0v) is 12.1. The van der Waals surface area contributed by atoms with E-state index in [-0.39, 0.29) is 11.3 Å². The quantitative estimate of drug-likeness (QED) is 0.680. The lowest BCUT2D eigenvalue weighted by atomic mass is 9.74. The highest BCUT2D eigenvalue weighted by molar-refractivity contribution is 5.82. The van der Waals surface area contributed by atoms with Crippen LogP contribution in [0.3, 0.4) is 0 Å². The second kappa shape index (κ2) is 7.74. The summed E-state index contributed by atoms with van der Waals surface area (Å²) in [5, 5.41) is 6.44. The lowest BCUT2D eigenvalue weighted by Gasteiger charge is -2.36. The Hall–Kier alpha value is -0.610. The average molecular weight is 256 g/mol. The van der Waals surface area contributed by atoms with Crippen LogP contribution in [0.25, 0.3) is 0 Å². The molecule has 0 radical (unpaired) electrons. The first kappa shape index (κ1) is 15.4. The largest absolute Gasteiger partial charge is 0.385 e. The van der Waals surface area contributed by atoms with E-state index in [1.165, 1.54) is 6.42 Å². The van der Waals surface area contributed by atoms with Gasteiger partial charge in [-0.2, -0.15) is 0 Å². The van der Waals surface area contributed by atoms with Gasteiger partial charge in [-0.3, -0.25) is 4.79 Å². The van der Waals surface area contributed by atoms with Gasteiger partial charge in [0.05, 0.1) is 0 Å². The van der Waals surface area contributed by atoms with Crippen LogP contribution in [0, 0.1) is 11.3 Å². The molecule has 0 aliphatic carbocycles. The fourth-order valence-corrected chi connectivity index (χ4v) is 2.45. The smallest absolute Gasteiger partial charge is 0.225 e. The molecule has 0 aromatic carbocycles. The Morgan fingerprint density at radius 2 is 2.22 bits per heavy atom. The second-order valence-electron chi connectivity index (χ2n) is 5.72. The maximum Gasteiger partial charge on any atom is 0.225 e. The molecule has 1 atom stereocenters. The van der Waals surface area contributed by atoms with E-state index in [4.69, 9.17) is 4.74 Å². The van der Waals surface area contributed by atoms with Gasteiger partial charge in [0.15, 0.2) is 0 Å². The van der Waals surface area contributed by atoms with Crippen LogP contribution in [0.5, 0.6) is 0 Å². The van der Waals surface area contributed by atoms with E-state index < -0.39 is 0 Å². The van der Waals surface area contributed by atoms with Gasteiger partial charge in [-0.25, -0.2) is 0 Å². The first-order valence-corrected chi connectivity index (χ1v) is 7.07. The predicted octanol–water partition coefficient (Wildman–Crippen LogP) is 1.56. The number of carbonyl (C=O) groups excluding carboxylic acids is 1. The van der Waals surface area contributed by atoms with Crippen molar-refractivity contribution in [2.75, 3.05) is 33.4 Å². The van der Waals surface area contributed by atoms with Crippen LogP contribution in [-0.2, 0) is 9.53 Å². The van der Waals surface area contributed by atoms with Crippen molar-refractivity contribution >= 4 is 5.91 Å². The fourth-order valence-electron chi connectivity index (χ4n) is 2.45. The molecule has 1 unspecified atom stereocenters. The molecule has 4 heteroatoms. The van der Waals surface area contributed by atoms with Crippen LogP contribution in [-0.4, -0.2) is 39.3 Å². The molecule has 1 rings (SSSR count). The van der Waals surface area contributed by atoms with Crippen LogP contribution in [0.15, 0.2) is 0 Å². The molecule has 18 heavy (non-hydrogen) atoms. The lowest BCUT2D eigenvalue weighted by Crippen LogP contribution is -2.47. The zero-order chi connectivity index (χ0) is 13.4. The summed E-state index contributed by atoms with van der Waals surface area (Å²) >= 11 is 0. The summed E-state index contributed by atoms with van der Waals surface area (Å²) in [4.78, 5) is 12.2. The molecule has 0 spiro atoms. The van der Waals surface area contributed by atoms with Crippen LogP contribution < -0.4 is 10.6 Å². The number of nitrogens with one attached hydrogen (secondary N) is 2. The van der Waals surface area contributed by atoms with E-state index in [1.54, 1.807) is 7.11 Å². The van der Waals surface area contributed by atoms with Crippen molar-refractivity contribution < 1.29 is 9.53 Å². The van der Waals surface area contributed by atoms with Crippen molar-refractivity contribution in [3.8, 4) is 0 Å². The van der Waals surface area contributed by atoms with E-state index in [0.717, 1.165) is 45.5 Å². The molecule has 0 bridgehead atoms. The molecule has 1 aliphatic rings. The second-order valence-corrected chi connectivity index (χ2v) is 5.72. The Balaban J connectivity index is 2.29. The summed E-state index contributed by atoms with van der Waals surface area (Å²) in [6.07, 6.45) is 4.31. The van der Waals surface area contributed by atoms with Crippen molar-refractivity contribution in [2.45, 2.75) is 39.5 Å². The maximum atomic E-state index is 12.2. The van der Waals surface area contributed by atoms with Gasteiger partial charge in [0, 0.05) is 25.7 Å². The summed E-state index contributed by atoms with van der Waals surface area (Å²) in [5.74, 6) is 0.638. The highest BCUT2D eigenvalue weighted by Crippen LogP contribution is 2.31. The Morgan fingerprint density at radius 3 is 2.83 bits per heavy atom. The van der Waals surface area contributed by atoms with Crippen molar-refractivity contribution in [3.05, 3.63) is 0 Å². The minimum Gasteiger partial charge on any atom is -0.385 e. The highest BCUT2D eigenvalue weighted by Gasteiger charge is 2.36. The molecule has 0 aromatic heterocycles. The predicted molar refractivity (Wildman–Crippen MR) is 73.5 cm³/mol. The van der Waals surface area contributed by atoms with E-state index >= 15 is 0 Å². The van der Waals surface area contributed by atoms with Gasteiger partial charge in [-0.15, -0.1) is 0 Å². The standard InChI is InChI=1S/C14H28N2O2/c1-14(2,12-7-6-8-15-11-12)13(17)16-9-4-5-10-18-3/h12,15H,4-11H2,1-3H3,(H,16,17). The SMILES string of the molecule is COCCCCNC(=O)C(C)(C)C1CCCNC1. The first-order valence-electron chi connectivity index (χ1n) is 7.07. The number of ether oxygens (including phenoxy) is 1. The van der Waals surface area contributed by atoms with Gasteiger partial charge in [0.1, 0.15) is 0 Å². The average Bonchev–Trinajstić information content (AvgIpc) is 2.39. The Morgan fingerprint density at radius 1 is 1.44 bits per heavy atom. The number of rotatable bonds is 7. The number of amides is 1. The monoisotopic (exact) mass is 256 g/mol. The third kappa shape index (κ3) is 4.58. The third-order valence-corrected chi connectivity index (χ3v) is 3.96. The molecule has 1 saturated heterocycles. The summed E-state index contributed by atoms with van der Waals surface area (Å²) in [7, 11) is 1.71. The molecule has 1 aliphatic heterocycles. The third-order valence-electron chi connectivity index (χ3n) is 3.96. The molecule has 106 valence electrons. The van der Waals surface area contributed by atoms with Crippen molar-refractivity contribution in [3.63, 3.8) is 0 Å². The minimum atomic E-state index is -0.269. The van der Waals surface area contributed by atoms with Gasteiger partial charge in [0.25, 0.3) is 0 Å². The van der Waals surface area contributed by atoms with Crippen molar-refractivity contribution in [1.29, 1.82) is 0 Å². The van der Waals surface area contributed by atoms with Gasteiger partial charge in [-0.1, -0.05) is 13.8 Å². The van der Waals surface area contributed by atoms with E-state index in [1.807, 2.05) is 0 Å². The molecular weight excluding hydrogens is 228 g/mol. The molecule has 0 aromatic rings. The molecular formula is C14H28N2O2. The first-order chi connectivity index (χ1) is 8.59. The topological polar surface area (TPSA) is 50.4 Å². The summed E-state index contributed by atoms with van der Waals surface area (Å²) in [5.41, 5.74) is -0.269. The van der Waals surface area contributed by atoms with Gasteiger partial charge >= 0.3 is 0 Å². The van der Waals surface area contributed by atoms with Gasteiger partial charge in [0.2, 0.25) is 5.91 Å². The minimum absolute atomic E-state index is 0.189. The number of methoxy groups -OCH3 is 1. The van der Waals surface area contributed by atoms with E-state index in [2.05, 4.69) is 24.5 Å². The Kier molecular flexibility index (Phi) is 6.65. The molecule has 2 N–H and O–H groups in total. The van der Waals surface area contributed by atoms with Crippen LogP contribution in [0.1, 0.15) is 39.5 Å². The normalized spacial score (nSPS) is 20.7. The molecule has 1 heterocycles. The summed E-state index contributed by atoms with van der Waals surface area (Å²) < 4.78 is 4.99. The van der Waals surface area contributed by atoms with Gasteiger partial charge < -0.3 is 15.4 Å². The van der Waals surface area contributed by atoms with Crippen LogP contribution in [0.2, 0.25) is 0 Å². The highest BCUT2D eigenvalue weighted by atomic mass is 16.5. The number of hydrogen-bond acceptors (Lipinski definition) is 3. The zero-order valence-electron chi connectivity index (χ0n) is 12.1. The Labute approximate surface area is 111 Å².